The van der Waals surface area contributed by atoms with Crippen molar-refractivity contribution in [3.63, 3.8) is 0 Å². The molecule has 0 radical (unpaired) electrons. The van der Waals surface area contributed by atoms with Crippen LogP contribution in [-0.4, -0.2) is 23.5 Å². The van der Waals surface area contributed by atoms with Gasteiger partial charge in [0, 0.05) is 18.0 Å². The standard InChI is InChI=1S/C11H10Cl2N2O3/c12-6-2-7(13)10(8(14)3-6)15-4-5(11(17)18)1-9(15)16/h2-3,5H,1,4,14H2,(H,17,18). The summed E-state index contributed by atoms with van der Waals surface area (Å²) in [6, 6.07) is 2.94. The molecule has 1 aliphatic rings. The predicted octanol–water partition coefficient (Wildman–Crippen LogP) is 2.01. The Labute approximate surface area is 113 Å². The van der Waals surface area contributed by atoms with Crippen LogP contribution in [-0.2, 0) is 9.59 Å². The number of aliphatic carboxylic acids is 1. The molecule has 1 amide bonds. The monoisotopic (exact) mass is 288 g/mol. The average Bonchev–Trinajstić information content (AvgIpc) is 2.59. The number of benzene rings is 1. The van der Waals surface area contributed by atoms with E-state index in [2.05, 4.69) is 0 Å². The second-order valence-corrected chi connectivity index (χ2v) is 4.91. The number of rotatable bonds is 2. The Morgan fingerprint density at radius 1 is 1.44 bits per heavy atom. The normalized spacial score (nSPS) is 19.3. The molecule has 1 atom stereocenters. The van der Waals surface area contributed by atoms with Crippen LogP contribution in [0.4, 0.5) is 11.4 Å². The summed E-state index contributed by atoms with van der Waals surface area (Å²) in [6.45, 7) is 0.0692. The molecule has 3 N–H and O–H groups in total. The van der Waals surface area contributed by atoms with Crippen molar-refractivity contribution in [1.29, 1.82) is 0 Å². The van der Waals surface area contributed by atoms with E-state index in [1.165, 1.54) is 17.0 Å². The molecular weight excluding hydrogens is 279 g/mol. The van der Waals surface area contributed by atoms with Crippen molar-refractivity contribution in [2.75, 3.05) is 17.2 Å². The van der Waals surface area contributed by atoms with E-state index in [-0.39, 0.29) is 29.6 Å². The van der Waals surface area contributed by atoms with Crippen LogP contribution in [0, 0.1) is 5.92 Å². The summed E-state index contributed by atoms with van der Waals surface area (Å²) in [6.07, 6.45) is -0.0479. The third-order valence-corrected chi connectivity index (χ3v) is 3.31. The Bertz CT molecular complexity index is 510. The van der Waals surface area contributed by atoms with Gasteiger partial charge >= 0.3 is 5.97 Å². The molecular formula is C11H10Cl2N2O3. The molecule has 1 aromatic carbocycles. The molecule has 0 aliphatic carbocycles. The molecule has 1 aliphatic heterocycles. The molecule has 0 spiro atoms. The fraction of sp³-hybridized carbons (Fsp3) is 0.273. The van der Waals surface area contributed by atoms with E-state index in [0.29, 0.717) is 10.7 Å². The molecule has 0 aromatic heterocycles. The van der Waals surface area contributed by atoms with Crippen LogP contribution >= 0.6 is 23.2 Å². The number of halogens is 2. The quantitative estimate of drug-likeness (QED) is 0.816. The largest absolute Gasteiger partial charge is 0.481 e. The zero-order valence-electron chi connectivity index (χ0n) is 9.19. The zero-order chi connectivity index (χ0) is 13.4. The number of amides is 1. The summed E-state index contributed by atoms with van der Waals surface area (Å²) in [4.78, 5) is 24.0. The highest BCUT2D eigenvalue weighted by atomic mass is 35.5. The van der Waals surface area contributed by atoms with Crippen LogP contribution in [0.25, 0.3) is 0 Å². The second kappa shape index (κ2) is 4.66. The minimum absolute atomic E-state index is 0.0479. The molecule has 0 saturated carbocycles. The predicted molar refractivity (Wildman–Crippen MR) is 69.0 cm³/mol. The highest BCUT2D eigenvalue weighted by Gasteiger charge is 2.36. The van der Waals surface area contributed by atoms with Crippen LogP contribution < -0.4 is 10.6 Å². The number of carboxylic acid groups (broad SMARTS) is 1. The summed E-state index contributed by atoms with van der Waals surface area (Å²) < 4.78 is 0. The highest BCUT2D eigenvalue weighted by Crippen LogP contribution is 2.38. The molecule has 1 heterocycles. The van der Waals surface area contributed by atoms with Gasteiger partial charge in [-0.15, -0.1) is 0 Å². The van der Waals surface area contributed by atoms with Gasteiger partial charge in [0.15, 0.2) is 0 Å². The van der Waals surface area contributed by atoms with E-state index in [0.717, 1.165) is 0 Å². The third-order valence-electron chi connectivity index (χ3n) is 2.80. The maximum absolute atomic E-state index is 11.8. The number of anilines is 2. The van der Waals surface area contributed by atoms with Crippen LogP contribution in [0.5, 0.6) is 0 Å². The minimum atomic E-state index is -1.01. The molecule has 96 valence electrons. The Morgan fingerprint density at radius 2 is 2.11 bits per heavy atom. The molecule has 1 saturated heterocycles. The number of carbonyl (C=O) groups is 2. The third kappa shape index (κ3) is 2.23. The number of nitrogens with zero attached hydrogens (tertiary/aromatic N) is 1. The first kappa shape index (κ1) is 13.0. The molecule has 1 fully saturated rings. The van der Waals surface area contributed by atoms with Crippen molar-refractivity contribution < 1.29 is 14.7 Å². The molecule has 5 nitrogen and oxygen atoms in total. The van der Waals surface area contributed by atoms with Crippen molar-refractivity contribution in [3.05, 3.63) is 22.2 Å². The lowest BCUT2D eigenvalue weighted by Crippen LogP contribution is -2.27. The average molecular weight is 289 g/mol. The van der Waals surface area contributed by atoms with Crippen molar-refractivity contribution in [1.82, 2.24) is 0 Å². The maximum atomic E-state index is 11.8. The topological polar surface area (TPSA) is 83.6 Å². The summed E-state index contributed by atoms with van der Waals surface area (Å²) in [7, 11) is 0. The molecule has 1 aromatic rings. The number of carboxylic acids is 1. The van der Waals surface area contributed by atoms with E-state index in [1.54, 1.807) is 0 Å². The summed E-state index contributed by atoms with van der Waals surface area (Å²) in [5.74, 6) is -2.04. The number of nitrogen functional groups attached to an aromatic ring is 1. The summed E-state index contributed by atoms with van der Waals surface area (Å²) >= 11 is 11.8. The Hall–Kier alpha value is -1.46. The Morgan fingerprint density at radius 3 is 2.61 bits per heavy atom. The Balaban J connectivity index is 2.39. The lowest BCUT2D eigenvalue weighted by Gasteiger charge is -2.20. The van der Waals surface area contributed by atoms with Crippen LogP contribution in [0.2, 0.25) is 10.0 Å². The van der Waals surface area contributed by atoms with Gasteiger partial charge in [-0.25, -0.2) is 0 Å². The molecule has 0 bridgehead atoms. The number of carbonyl (C=O) groups excluding carboxylic acids is 1. The highest BCUT2D eigenvalue weighted by molar-refractivity contribution is 6.37. The van der Waals surface area contributed by atoms with Crippen molar-refractivity contribution in [3.8, 4) is 0 Å². The first-order valence-corrected chi connectivity index (χ1v) is 5.93. The lowest BCUT2D eigenvalue weighted by molar-refractivity contribution is -0.141. The number of nitrogens with two attached hydrogens (primary N) is 1. The van der Waals surface area contributed by atoms with Gasteiger partial charge in [0.25, 0.3) is 0 Å². The summed E-state index contributed by atoms with van der Waals surface area (Å²) in [5, 5.41) is 9.51. The zero-order valence-corrected chi connectivity index (χ0v) is 10.7. The number of hydrogen-bond donors (Lipinski definition) is 2. The minimum Gasteiger partial charge on any atom is -0.481 e. The first-order valence-electron chi connectivity index (χ1n) is 5.18. The number of hydrogen-bond acceptors (Lipinski definition) is 3. The first-order chi connectivity index (χ1) is 8.40. The maximum Gasteiger partial charge on any atom is 0.308 e. The SMILES string of the molecule is Nc1cc(Cl)cc(Cl)c1N1CC(C(=O)O)CC1=O. The molecule has 18 heavy (non-hydrogen) atoms. The smallest absolute Gasteiger partial charge is 0.308 e. The van der Waals surface area contributed by atoms with Gasteiger partial charge in [0.2, 0.25) is 5.91 Å². The lowest BCUT2D eigenvalue weighted by atomic mass is 10.1. The van der Waals surface area contributed by atoms with Gasteiger partial charge in [-0.3, -0.25) is 9.59 Å². The van der Waals surface area contributed by atoms with Gasteiger partial charge in [-0.2, -0.15) is 0 Å². The molecule has 7 heteroatoms. The van der Waals surface area contributed by atoms with Crippen molar-refractivity contribution >= 4 is 46.5 Å². The van der Waals surface area contributed by atoms with E-state index in [1.807, 2.05) is 0 Å². The van der Waals surface area contributed by atoms with Gasteiger partial charge in [0.1, 0.15) is 0 Å². The van der Waals surface area contributed by atoms with Crippen molar-refractivity contribution in [2.45, 2.75) is 6.42 Å². The fourth-order valence-corrected chi connectivity index (χ4v) is 2.57. The van der Waals surface area contributed by atoms with E-state index in [4.69, 9.17) is 34.0 Å². The second-order valence-electron chi connectivity index (χ2n) is 4.07. The van der Waals surface area contributed by atoms with E-state index < -0.39 is 11.9 Å². The van der Waals surface area contributed by atoms with Crippen LogP contribution in [0.15, 0.2) is 12.1 Å². The fourth-order valence-electron chi connectivity index (χ4n) is 1.96. The Kier molecular flexibility index (Phi) is 3.36. The van der Waals surface area contributed by atoms with Crippen molar-refractivity contribution in [2.24, 2.45) is 5.92 Å². The van der Waals surface area contributed by atoms with E-state index in [9.17, 15) is 9.59 Å². The van der Waals surface area contributed by atoms with Gasteiger partial charge < -0.3 is 15.7 Å². The van der Waals surface area contributed by atoms with Gasteiger partial charge in [0.05, 0.1) is 22.3 Å². The molecule has 1 unspecified atom stereocenters. The van der Waals surface area contributed by atoms with Gasteiger partial charge in [-0.05, 0) is 12.1 Å². The van der Waals surface area contributed by atoms with Gasteiger partial charge in [-0.1, -0.05) is 23.2 Å². The molecule has 2 rings (SSSR count). The summed E-state index contributed by atoms with van der Waals surface area (Å²) in [5.41, 5.74) is 6.36. The van der Waals surface area contributed by atoms with E-state index >= 15 is 0 Å². The van der Waals surface area contributed by atoms with Crippen LogP contribution in [0.3, 0.4) is 0 Å². The van der Waals surface area contributed by atoms with Crippen LogP contribution in [0.1, 0.15) is 6.42 Å².